The van der Waals surface area contributed by atoms with E-state index in [1.54, 1.807) is 6.07 Å². The van der Waals surface area contributed by atoms with Gasteiger partial charge < -0.3 is 15.6 Å². The minimum Gasteiger partial charge on any atom is -0.348 e. The molecule has 1 atom stereocenters. The second-order valence-electron chi connectivity index (χ2n) is 5.21. The molecule has 3 rings (SSSR count). The predicted octanol–water partition coefficient (Wildman–Crippen LogP) is 1.67. The molecule has 0 saturated heterocycles. The quantitative estimate of drug-likeness (QED) is 0.876. The lowest BCUT2D eigenvalue weighted by Gasteiger charge is -2.15. The number of nitrogens with one attached hydrogen (secondary N) is 1. The standard InChI is InChI=1S/C14H18N4O2.ClH/c1-2-11-10-5-9(7-16-14(10)20-18-11)13(19)17-12(6-15)8-3-4-8;/h5,7-8,12H,2-4,6,15H2,1H3,(H,17,19);1H. The average molecular weight is 311 g/mol. The van der Waals surface area contributed by atoms with E-state index in [1.807, 2.05) is 6.92 Å². The second-order valence-corrected chi connectivity index (χ2v) is 5.21. The topological polar surface area (TPSA) is 94.0 Å². The number of halogens is 1. The predicted molar refractivity (Wildman–Crippen MR) is 81.5 cm³/mol. The van der Waals surface area contributed by atoms with Crippen molar-refractivity contribution in [3.8, 4) is 0 Å². The lowest BCUT2D eigenvalue weighted by Crippen LogP contribution is -2.41. The third-order valence-corrected chi connectivity index (χ3v) is 3.76. The summed E-state index contributed by atoms with van der Waals surface area (Å²) in [6.45, 7) is 2.46. The number of rotatable bonds is 5. The summed E-state index contributed by atoms with van der Waals surface area (Å²) in [5.74, 6) is 0.396. The van der Waals surface area contributed by atoms with Crippen molar-refractivity contribution < 1.29 is 9.32 Å². The van der Waals surface area contributed by atoms with Gasteiger partial charge in [0.05, 0.1) is 16.6 Å². The number of nitrogens with two attached hydrogens (primary N) is 1. The van der Waals surface area contributed by atoms with Crippen molar-refractivity contribution >= 4 is 29.4 Å². The molecule has 1 amide bonds. The molecule has 2 heterocycles. The Morgan fingerprint density at radius 3 is 2.95 bits per heavy atom. The zero-order valence-corrected chi connectivity index (χ0v) is 12.7. The molecule has 114 valence electrons. The normalized spacial score (nSPS) is 15.5. The van der Waals surface area contributed by atoms with E-state index in [-0.39, 0.29) is 24.4 Å². The van der Waals surface area contributed by atoms with E-state index in [9.17, 15) is 4.79 Å². The van der Waals surface area contributed by atoms with Gasteiger partial charge in [0.15, 0.2) is 0 Å². The Morgan fingerprint density at radius 2 is 2.33 bits per heavy atom. The fraction of sp³-hybridized carbons (Fsp3) is 0.500. The molecule has 0 spiro atoms. The summed E-state index contributed by atoms with van der Waals surface area (Å²) in [4.78, 5) is 16.4. The van der Waals surface area contributed by atoms with Gasteiger partial charge in [-0.15, -0.1) is 12.4 Å². The summed E-state index contributed by atoms with van der Waals surface area (Å²) in [6, 6.07) is 1.85. The van der Waals surface area contributed by atoms with Crippen LogP contribution in [-0.4, -0.2) is 28.6 Å². The van der Waals surface area contributed by atoms with E-state index < -0.39 is 0 Å². The van der Waals surface area contributed by atoms with E-state index in [0.29, 0.717) is 23.7 Å². The molecule has 2 aromatic rings. The van der Waals surface area contributed by atoms with Crippen molar-refractivity contribution in [1.82, 2.24) is 15.5 Å². The van der Waals surface area contributed by atoms with Gasteiger partial charge in [-0.2, -0.15) is 0 Å². The van der Waals surface area contributed by atoms with Gasteiger partial charge in [0.2, 0.25) is 0 Å². The number of fused-ring (bicyclic) bond motifs is 1. The van der Waals surface area contributed by atoms with Gasteiger partial charge >= 0.3 is 0 Å². The Balaban J connectivity index is 0.00000161. The van der Waals surface area contributed by atoms with Crippen LogP contribution in [0.25, 0.3) is 11.1 Å². The molecule has 1 saturated carbocycles. The molecule has 2 aromatic heterocycles. The fourth-order valence-electron chi connectivity index (χ4n) is 2.38. The Bertz CT molecular complexity index is 639. The number of aryl methyl sites for hydroxylation is 1. The number of pyridine rings is 1. The zero-order valence-electron chi connectivity index (χ0n) is 11.8. The summed E-state index contributed by atoms with van der Waals surface area (Å²) in [5, 5.41) is 7.73. The maximum atomic E-state index is 12.3. The van der Waals surface area contributed by atoms with Crippen LogP contribution >= 0.6 is 12.4 Å². The SMILES string of the molecule is CCc1noc2ncc(C(=O)NC(CN)C3CC3)cc12.Cl. The molecule has 1 aliphatic carbocycles. The van der Waals surface area contributed by atoms with Crippen LogP contribution < -0.4 is 11.1 Å². The van der Waals surface area contributed by atoms with Crippen LogP contribution in [0.2, 0.25) is 0 Å². The van der Waals surface area contributed by atoms with Gasteiger partial charge in [0, 0.05) is 18.8 Å². The third kappa shape index (κ3) is 3.16. The minimum atomic E-state index is -0.134. The summed E-state index contributed by atoms with van der Waals surface area (Å²) in [7, 11) is 0. The Labute approximate surface area is 128 Å². The van der Waals surface area contributed by atoms with Crippen LogP contribution in [-0.2, 0) is 6.42 Å². The van der Waals surface area contributed by atoms with Crippen LogP contribution in [0.1, 0.15) is 35.8 Å². The summed E-state index contributed by atoms with van der Waals surface area (Å²) < 4.78 is 5.11. The molecule has 1 fully saturated rings. The Morgan fingerprint density at radius 1 is 1.57 bits per heavy atom. The first-order valence-corrected chi connectivity index (χ1v) is 6.98. The maximum Gasteiger partial charge on any atom is 0.257 e. The van der Waals surface area contributed by atoms with Crippen LogP contribution in [0.4, 0.5) is 0 Å². The van der Waals surface area contributed by atoms with Crippen molar-refractivity contribution in [1.29, 1.82) is 0 Å². The highest BCUT2D eigenvalue weighted by Crippen LogP contribution is 2.32. The molecule has 0 aliphatic heterocycles. The summed E-state index contributed by atoms with van der Waals surface area (Å²) >= 11 is 0. The molecular formula is C14H19ClN4O2. The van der Waals surface area contributed by atoms with Crippen LogP contribution in [0.5, 0.6) is 0 Å². The zero-order chi connectivity index (χ0) is 14.1. The molecule has 0 radical (unpaired) electrons. The number of aromatic nitrogens is 2. The molecule has 1 unspecified atom stereocenters. The third-order valence-electron chi connectivity index (χ3n) is 3.76. The average Bonchev–Trinajstić information content (AvgIpc) is 3.23. The summed E-state index contributed by atoms with van der Waals surface area (Å²) in [5.41, 5.74) is 7.51. The van der Waals surface area contributed by atoms with Gasteiger partial charge in [0.1, 0.15) is 0 Å². The lowest BCUT2D eigenvalue weighted by atomic mass is 10.1. The summed E-state index contributed by atoms with van der Waals surface area (Å²) in [6.07, 6.45) is 4.55. The number of amides is 1. The van der Waals surface area contributed by atoms with E-state index in [1.165, 1.54) is 6.20 Å². The van der Waals surface area contributed by atoms with Gasteiger partial charge in [-0.3, -0.25) is 4.79 Å². The largest absolute Gasteiger partial charge is 0.348 e. The first kappa shape index (κ1) is 15.7. The van der Waals surface area contributed by atoms with Crippen molar-refractivity contribution in [2.45, 2.75) is 32.2 Å². The monoisotopic (exact) mass is 310 g/mol. The van der Waals surface area contributed by atoms with Crippen molar-refractivity contribution in [2.24, 2.45) is 11.7 Å². The van der Waals surface area contributed by atoms with Crippen LogP contribution in [0.3, 0.4) is 0 Å². The highest BCUT2D eigenvalue weighted by atomic mass is 35.5. The molecular weight excluding hydrogens is 292 g/mol. The molecule has 3 N–H and O–H groups in total. The Hall–Kier alpha value is -1.66. The van der Waals surface area contributed by atoms with E-state index >= 15 is 0 Å². The number of carbonyl (C=O) groups is 1. The molecule has 1 aliphatic rings. The number of nitrogens with zero attached hydrogens (tertiary/aromatic N) is 2. The van der Waals surface area contributed by atoms with Gasteiger partial charge in [0.25, 0.3) is 11.6 Å². The number of hydrogen-bond acceptors (Lipinski definition) is 5. The van der Waals surface area contributed by atoms with Gasteiger partial charge in [-0.05, 0) is 31.2 Å². The Kier molecular flexibility index (Phi) is 4.80. The number of carbonyl (C=O) groups excluding carboxylic acids is 1. The number of hydrogen-bond donors (Lipinski definition) is 2. The smallest absolute Gasteiger partial charge is 0.257 e. The first-order valence-electron chi connectivity index (χ1n) is 6.98. The molecule has 7 heteroatoms. The van der Waals surface area contributed by atoms with E-state index in [0.717, 1.165) is 30.3 Å². The van der Waals surface area contributed by atoms with Crippen molar-refractivity contribution in [3.63, 3.8) is 0 Å². The highest BCUT2D eigenvalue weighted by molar-refractivity contribution is 5.97. The van der Waals surface area contributed by atoms with Gasteiger partial charge in [-0.25, -0.2) is 4.98 Å². The van der Waals surface area contributed by atoms with Crippen molar-refractivity contribution in [2.75, 3.05) is 6.54 Å². The highest BCUT2D eigenvalue weighted by Gasteiger charge is 2.31. The molecule has 6 nitrogen and oxygen atoms in total. The first-order chi connectivity index (χ1) is 9.72. The second kappa shape index (κ2) is 6.41. The van der Waals surface area contributed by atoms with E-state index in [2.05, 4.69) is 15.5 Å². The lowest BCUT2D eigenvalue weighted by molar-refractivity contribution is 0.0933. The van der Waals surface area contributed by atoms with Gasteiger partial charge in [-0.1, -0.05) is 12.1 Å². The maximum absolute atomic E-state index is 12.3. The van der Waals surface area contributed by atoms with Crippen LogP contribution in [0.15, 0.2) is 16.8 Å². The molecule has 21 heavy (non-hydrogen) atoms. The fourth-order valence-corrected chi connectivity index (χ4v) is 2.38. The minimum absolute atomic E-state index is 0. The molecule has 0 aromatic carbocycles. The van der Waals surface area contributed by atoms with Crippen LogP contribution in [0, 0.1) is 5.92 Å². The molecule has 0 bridgehead atoms. The van der Waals surface area contributed by atoms with E-state index in [4.69, 9.17) is 10.3 Å². The van der Waals surface area contributed by atoms with Crippen molar-refractivity contribution in [3.05, 3.63) is 23.5 Å².